The zero-order valence-corrected chi connectivity index (χ0v) is 17.3. The van der Waals surface area contributed by atoms with E-state index in [1.54, 1.807) is 9.80 Å². The number of alkyl halides is 3. The summed E-state index contributed by atoms with van der Waals surface area (Å²) < 4.78 is 40.1. The highest BCUT2D eigenvalue weighted by atomic mass is 35.5. The van der Waals surface area contributed by atoms with Gasteiger partial charge in [0.25, 0.3) is 5.91 Å². The van der Waals surface area contributed by atoms with E-state index in [1.165, 1.54) is 36.4 Å². The molecule has 2 aromatic carbocycles. The monoisotopic (exact) mass is 454 g/mol. The number of aliphatic hydroxyl groups is 2. The molecule has 0 spiro atoms. The third kappa shape index (κ3) is 4.57. The molecule has 31 heavy (non-hydrogen) atoms. The fourth-order valence-electron chi connectivity index (χ4n) is 3.87. The second-order valence-electron chi connectivity index (χ2n) is 8.07. The van der Waals surface area contributed by atoms with E-state index in [0.29, 0.717) is 50.1 Å². The second kappa shape index (κ2) is 8.09. The number of hydrogen-bond acceptors (Lipinski definition) is 4. The summed E-state index contributed by atoms with van der Waals surface area (Å²) in [5, 5.41) is 20.3. The smallest absolute Gasteiger partial charge is 0.386 e. The van der Waals surface area contributed by atoms with Gasteiger partial charge in [-0.1, -0.05) is 29.8 Å². The van der Waals surface area contributed by atoms with E-state index < -0.39 is 23.6 Å². The maximum Gasteiger partial charge on any atom is 0.417 e. The molecule has 2 aromatic rings. The van der Waals surface area contributed by atoms with Crippen molar-refractivity contribution in [1.82, 2.24) is 9.80 Å². The van der Waals surface area contributed by atoms with Crippen molar-refractivity contribution in [3.05, 3.63) is 58.6 Å². The first kappa shape index (κ1) is 22.1. The van der Waals surface area contributed by atoms with Gasteiger partial charge < -0.3 is 15.1 Å². The predicted molar refractivity (Wildman–Crippen MR) is 110 cm³/mol. The lowest BCUT2D eigenvalue weighted by atomic mass is 9.98. The summed E-state index contributed by atoms with van der Waals surface area (Å²) in [5.74, 6) is -0.224. The van der Waals surface area contributed by atoms with Crippen LogP contribution in [-0.4, -0.2) is 63.9 Å². The molecule has 1 amide bonds. The minimum atomic E-state index is -4.55. The van der Waals surface area contributed by atoms with Crippen molar-refractivity contribution in [1.29, 1.82) is 0 Å². The molecular formula is C22H22ClF3N2O3. The van der Waals surface area contributed by atoms with Gasteiger partial charge in [-0.25, -0.2) is 0 Å². The number of amides is 1. The van der Waals surface area contributed by atoms with Crippen LogP contribution in [0.5, 0.6) is 0 Å². The summed E-state index contributed by atoms with van der Waals surface area (Å²) in [6.45, 7) is 1.66. The topological polar surface area (TPSA) is 64.0 Å². The Morgan fingerprint density at radius 3 is 2.19 bits per heavy atom. The second-order valence-corrected chi connectivity index (χ2v) is 8.51. The van der Waals surface area contributed by atoms with E-state index in [0.717, 1.165) is 6.07 Å². The Kier molecular flexibility index (Phi) is 5.76. The minimum absolute atomic E-state index is 0.000868. The van der Waals surface area contributed by atoms with Gasteiger partial charge in [0.15, 0.2) is 0 Å². The Morgan fingerprint density at radius 2 is 1.65 bits per heavy atom. The van der Waals surface area contributed by atoms with Crippen LogP contribution in [0.4, 0.5) is 13.2 Å². The van der Waals surface area contributed by atoms with Crippen molar-refractivity contribution in [3.63, 3.8) is 0 Å². The van der Waals surface area contributed by atoms with E-state index in [9.17, 15) is 28.2 Å². The molecule has 0 bridgehead atoms. The minimum Gasteiger partial charge on any atom is -0.386 e. The summed E-state index contributed by atoms with van der Waals surface area (Å²) in [6.07, 6.45) is -4.33. The summed E-state index contributed by atoms with van der Waals surface area (Å²) in [4.78, 5) is 16.2. The first-order valence-electron chi connectivity index (χ1n) is 9.99. The molecule has 2 fully saturated rings. The largest absolute Gasteiger partial charge is 0.417 e. The van der Waals surface area contributed by atoms with Crippen molar-refractivity contribution < 1.29 is 28.2 Å². The molecular weight excluding hydrogens is 433 g/mol. The predicted octanol–water partition coefficient (Wildman–Crippen LogP) is 3.63. The number of halogens is 4. The number of hydrogen-bond donors (Lipinski definition) is 2. The van der Waals surface area contributed by atoms with Crippen LogP contribution in [0.3, 0.4) is 0 Å². The molecule has 1 saturated carbocycles. The third-order valence-corrected chi connectivity index (χ3v) is 6.16. The molecule has 5 nitrogen and oxygen atoms in total. The summed E-state index contributed by atoms with van der Waals surface area (Å²) in [7, 11) is 0. The van der Waals surface area contributed by atoms with Crippen LogP contribution in [0.2, 0.25) is 5.02 Å². The van der Waals surface area contributed by atoms with Gasteiger partial charge in [-0.15, -0.1) is 0 Å². The van der Waals surface area contributed by atoms with Crippen LogP contribution in [0.1, 0.15) is 28.8 Å². The molecule has 9 heteroatoms. The van der Waals surface area contributed by atoms with Crippen LogP contribution in [-0.2, 0) is 6.18 Å². The van der Waals surface area contributed by atoms with Gasteiger partial charge in [0.1, 0.15) is 11.8 Å². The van der Waals surface area contributed by atoms with E-state index in [2.05, 4.69) is 0 Å². The molecule has 1 aliphatic heterocycles. The van der Waals surface area contributed by atoms with Crippen molar-refractivity contribution in [3.8, 4) is 11.1 Å². The van der Waals surface area contributed by atoms with Crippen molar-refractivity contribution in [2.24, 2.45) is 0 Å². The summed E-state index contributed by atoms with van der Waals surface area (Å²) in [5.41, 5.74) is -1.14. The Hall–Kier alpha value is -2.13. The Bertz CT molecular complexity index is 969. The zero-order chi connectivity index (χ0) is 22.4. The van der Waals surface area contributed by atoms with Crippen LogP contribution in [0.15, 0.2) is 42.5 Å². The molecule has 166 valence electrons. The highest BCUT2D eigenvalue weighted by molar-refractivity contribution is 6.30. The van der Waals surface area contributed by atoms with E-state index in [-0.39, 0.29) is 16.5 Å². The van der Waals surface area contributed by atoms with Crippen LogP contribution < -0.4 is 0 Å². The molecule has 1 saturated heterocycles. The van der Waals surface area contributed by atoms with E-state index in [4.69, 9.17) is 11.6 Å². The average Bonchev–Trinajstić information content (AvgIpc) is 3.51. The molecule has 2 aliphatic rings. The Labute approximate surface area is 182 Å². The molecule has 0 radical (unpaired) electrons. The van der Waals surface area contributed by atoms with Gasteiger partial charge in [0.2, 0.25) is 0 Å². The van der Waals surface area contributed by atoms with Crippen molar-refractivity contribution >= 4 is 17.5 Å². The van der Waals surface area contributed by atoms with Crippen molar-refractivity contribution in [2.75, 3.05) is 26.2 Å². The first-order chi connectivity index (χ1) is 14.6. The maximum absolute atomic E-state index is 13.4. The summed E-state index contributed by atoms with van der Waals surface area (Å²) >= 11 is 5.74. The van der Waals surface area contributed by atoms with E-state index in [1.807, 2.05) is 0 Å². The van der Waals surface area contributed by atoms with Gasteiger partial charge >= 0.3 is 6.18 Å². The first-order valence-corrected chi connectivity index (χ1v) is 10.4. The molecule has 2 N–H and O–H groups in total. The molecule has 1 heterocycles. The van der Waals surface area contributed by atoms with Crippen LogP contribution >= 0.6 is 11.6 Å². The zero-order valence-electron chi connectivity index (χ0n) is 16.6. The highest BCUT2D eigenvalue weighted by Gasteiger charge is 2.50. The quantitative estimate of drug-likeness (QED) is 0.740. The van der Waals surface area contributed by atoms with Gasteiger partial charge in [-0.05, 0) is 48.2 Å². The Morgan fingerprint density at radius 1 is 1.03 bits per heavy atom. The number of carbonyl (C=O) groups excluding carboxylic acids is 1. The number of piperazine rings is 1. The molecule has 4 rings (SSSR count). The van der Waals surface area contributed by atoms with Gasteiger partial charge in [-0.2, -0.15) is 13.2 Å². The molecule has 1 unspecified atom stereocenters. The third-order valence-electron chi connectivity index (χ3n) is 5.92. The number of carbonyl (C=O) groups is 1. The lowest BCUT2D eigenvalue weighted by molar-refractivity contribution is -0.137. The lowest BCUT2D eigenvalue weighted by Gasteiger charge is -2.38. The van der Waals surface area contributed by atoms with Gasteiger partial charge in [-0.3, -0.25) is 9.69 Å². The fourth-order valence-corrected chi connectivity index (χ4v) is 4.05. The number of benzene rings is 2. The van der Waals surface area contributed by atoms with Gasteiger partial charge in [0, 0.05) is 36.8 Å². The standard InChI is InChI=1S/C22H22ClF3N2O3/c23-16-5-6-17(18(13-16)22(24,25)26)14-1-3-15(4-2-14)19(29)27-9-11-28(12-10-27)20(30)21(31)7-8-21/h1-6,13,20,30-31H,7-12H2. The van der Waals surface area contributed by atoms with Crippen LogP contribution in [0, 0.1) is 0 Å². The summed E-state index contributed by atoms with van der Waals surface area (Å²) in [6, 6.07) is 9.63. The average molecular weight is 455 g/mol. The van der Waals surface area contributed by atoms with Crippen molar-refractivity contribution in [2.45, 2.75) is 30.8 Å². The molecule has 0 aromatic heterocycles. The number of aliphatic hydroxyl groups excluding tert-OH is 1. The van der Waals surface area contributed by atoms with E-state index >= 15 is 0 Å². The lowest BCUT2D eigenvalue weighted by Crippen LogP contribution is -2.55. The SMILES string of the molecule is O=C(c1ccc(-c2ccc(Cl)cc2C(F)(F)F)cc1)N1CCN(C(O)C2(O)CC2)CC1. The van der Waals surface area contributed by atoms with Gasteiger partial charge in [0.05, 0.1) is 5.56 Å². The fraction of sp³-hybridized carbons (Fsp3) is 0.409. The maximum atomic E-state index is 13.4. The Balaban J connectivity index is 1.45. The molecule has 1 atom stereocenters. The molecule has 1 aliphatic carbocycles. The number of nitrogens with zero attached hydrogens (tertiary/aromatic N) is 2. The normalized spacial score (nSPS) is 19.9. The van der Waals surface area contributed by atoms with Crippen LogP contribution in [0.25, 0.3) is 11.1 Å². The highest BCUT2D eigenvalue weighted by Crippen LogP contribution is 2.40. The number of rotatable bonds is 4.